The molecule has 0 radical (unpaired) electrons. The minimum atomic E-state index is 0.490. The van der Waals surface area contributed by atoms with Crippen LogP contribution in [0.3, 0.4) is 0 Å². The van der Waals surface area contributed by atoms with E-state index in [4.69, 9.17) is 18.0 Å². The van der Waals surface area contributed by atoms with Crippen LogP contribution in [-0.2, 0) is 0 Å². The zero-order chi connectivity index (χ0) is 10.8. The molecule has 0 bridgehead atoms. The summed E-state index contributed by atoms with van der Waals surface area (Å²) < 4.78 is 0. The van der Waals surface area contributed by atoms with Gasteiger partial charge < -0.3 is 10.6 Å². The maximum atomic E-state index is 5.73. The Bertz CT molecular complexity index is 376. The molecular weight excluding hydrogens is 204 g/mol. The Balaban J connectivity index is 2.38. The SMILES string of the molecule is CC1CCCN1c1ccccc1C(N)=S. The van der Waals surface area contributed by atoms with Gasteiger partial charge in [0.2, 0.25) is 0 Å². The Hall–Kier alpha value is -1.09. The van der Waals surface area contributed by atoms with Crippen molar-refractivity contribution in [1.82, 2.24) is 0 Å². The van der Waals surface area contributed by atoms with Crippen LogP contribution < -0.4 is 10.6 Å². The summed E-state index contributed by atoms with van der Waals surface area (Å²) in [5.74, 6) is 0. The van der Waals surface area contributed by atoms with Gasteiger partial charge in [0.1, 0.15) is 4.99 Å². The molecule has 2 nitrogen and oxygen atoms in total. The lowest BCUT2D eigenvalue weighted by Crippen LogP contribution is -2.28. The Morgan fingerprint density at radius 3 is 2.80 bits per heavy atom. The van der Waals surface area contributed by atoms with Crippen molar-refractivity contribution < 1.29 is 0 Å². The number of thiocarbonyl (C=S) groups is 1. The molecule has 2 rings (SSSR count). The molecule has 0 aliphatic carbocycles. The maximum Gasteiger partial charge on any atom is 0.106 e. The second kappa shape index (κ2) is 4.19. The number of nitrogens with zero attached hydrogens (tertiary/aromatic N) is 1. The first-order chi connectivity index (χ1) is 7.20. The predicted octanol–water partition coefficient (Wildman–Crippen LogP) is 2.31. The van der Waals surface area contributed by atoms with Crippen molar-refractivity contribution in [3.63, 3.8) is 0 Å². The molecule has 15 heavy (non-hydrogen) atoms. The van der Waals surface area contributed by atoms with Gasteiger partial charge in [0.25, 0.3) is 0 Å². The number of para-hydroxylation sites is 1. The Labute approximate surface area is 96.1 Å². The van der Waals surface area contributed by atoms with Crippen molar-refractivity contribution in [2.24, 2.45) is 5.73 Å². The first-order valence-electron chi connectivity index (χ1n) is 5.35. The van der Waals surface area contributed by atoms with E-state index in [1.54, 1.807) is 0 Å². The number of nitrogens with two attached hydrogens (primary N) is 1. The second-order valence-corrected chi connectivity index (χ2v) is 4.51. The summed E-state index contributed by atoms with van der Waals surface area (Å²) in [5.41, 5.74) is 7.92. The van der Waals surface area contributed by atoms with Crippen LogP contribution in [-0.4, -0.2) is 17.6 Å². The highest BCUT2D eigenvalue weighted by Crippen LogP contribution is 2.28. The smallest absolute Gasteiger partial charge is 0.106 e. The van der Waals surface area contributed by atoms with Crippen LogP contribution in [0.25, 0.3) is 0 Å². The van der Waals surface area contributed by atoms with E-state index < -0.39 is 0 Å². The third-order valence-corrected chi connectivity index (χ3v) is 3.25. The van der Waals surface area contributed by atoms with Gasteiger partial charge in [-0.15, -0.1) is 0 Å². The zero-order valence-electron chi connectivity index (χ0n) is 8.94. The molecular formula is C12H16N2S. The average molecular weight is 220 g/mol. The number of rotatable bonds is 2. The van der Waals surface area contributed by atoms with E-state index >= 15 is 0 Å². The molecule has 0 amide bonds. The van der Waals surface area contributed by atoms with Crippen molar-refractivity contribution in [3.8, 4) is 0 Å². The summed E-state index contributed by atoms with van der Waals surface area (Å²) in [4.78, 5) is 2.89. The second-order valence-electron chi connectivity index (χ2n) is 4.07. The fourth-order valence-corrected chi connectivity index (χ4v) is 2.40. The summed E-state index contributed by atoms with van der Waals surface area (Å²) in [5, 5.41) is 0. The molecule has 1 fully saturated rings. The quantitative estimate of drug-likeness (QED) is 0.776. The molecule has 1 atom stereocenters. The molecule has 3 heteroatoms. The van der Waals surface area contributed by atoms with Crippen LogP contribution in [0.4, 0.5) is 5.69 Å². The molecule has 1 aliphatic heterocycles. The van der Waals surface area contributed by atoms with Crippen molar-refractivity contribution >= 4 is 22.9 Å². The zero-order valence-corrected chi connectivity index (χ0v) is 9.76. The average Bonchev–Trinajstić information content (AvgIpc) is 2.64. The summed E-state index contributed by atoms with van der Waals surface area (Å²) in [6, 6.07) is 8.74. The fourth-order valence-electron chi connectivity index (χ4n) is 2.22. The lowest BCUT2D eigenvalue weighted by molar-refractivity contribution is 0.735. The van der Waals surface area contributed by atoms with E-state index in [-0.39, 0.29) is 0 Å². The minimum absolute atomic E-state index is 0.490. The molecule has 1 aromatic rings. The Morgan fingerprint density at radius 1 is 1.47 bits per heavy atom. The van der Waals surface area contributed by atoms with Crippen LogP contribution in [0.1, 0.15) is 25.3 Å². The number of hydrogen-bond acceptors (Lipinski definition) is 2. The highest BCUT2D eigenvalue weighted by Gasteiger charge is 2.22. The third-order valence-electron chi connectivity index (χ3n) is 3.03. The van der Waals surface area contributed by atoms with Gasteiger partial charge in [-0.2, -0.15) is 0 Å². The summed E-state index contributed by atoms with van der Waals surface area (Å²) in [6.45, 7) is 3.37. The van der Waals surface area contributed by atoms with Gasteiger partial charge in [0, 0.05) is 23.8 Å². The minimum Gasteiger partial charge on any atom is -0.389 e. The molecule has 1 saturated heterocycles. The van der Waals surface area contributed by atoms with Gasteiger partial charge in [-0.3, -0.25) is 0 Å². The molecule has 1 unspecified atom stereocenters. The topological polar surface area (TPSA) is 29.3 Å². The lowest BCUT2D eigenvalue weighted by Gasteiger charge is -2.26. The predicted molar refractivity (Wildman–Crippen MR) is 68.4 cm³/mol. The van der Waals surface area contributed by atoms with Crippen molar-refractivity contribution in [2.45, 2.75) is 25.8 Å². The maximum absolute atomic E-state index is 5.73. The van der Waals surface area contributed by atoms with Gasteiger partial charge in [0.15, 0.2) is 0 Å². The van der Waals surface area contributed by atoms with Crippen LogP contribution in [0.2, 0.25) is 0 Å². The molecule has 80 valence electrons. The summed E-state index contributed by atoms with van der Waals surface area (Å²) in [6.07, 6.45) is 2.51. The van der Waals surface area contributed by atoms with Crippen molar-refractivity contribution in [2.75, 3.05) is 11.4 Å². The third kappa shape index (κ3) is 1.97. The summed E-state index contributed by atoms with van der Waals surface area (Å²) >= 11 is 5.07. The molecule has 1 aliphatic rings. The number of benzene rings is 1. The van der Waals surface area contributed by atoms with Gasteiger partial charge in [-0.1, -0.05) is 24.4 Å². The summed E-state index contributed by atoms with van der Waals surface area (Å²) in [7, 11) is 0. The molecule has 0 aromatic heterocycles. The van der Waals surface area contributed by atoms with Crippen LogP contribution in [0.15, 0.2) is 24.3 Å². The first kappa shape index (κ1) is 10.4. The molecule has 0 saturated carbocycles. The number of hydrogen-bond donors (Lipinski definition) is 1. The normalized spacial score (nSPS) is 20.6. The van der Waals surface area contributed by atoms with Crippen molar-refractivity contribution in [3.05, 3.63) is 29.8 Å². The van der Waals surface area contributed by atoms with E-state index in [0.717, 1.165) is 12.1 Å². The molecule has 0 spiro atoms. The molecule has 1 aromatic carbocycles. The first-order valence-corrected chi connectivity index (χ1v) is 5.76. The van der Waals surface area contributed by atoms with Crippen molar-refractivity contribution in [1.29, 1.82) is 0 Å². The number of anilines is 1. The standard InChI is InChI=1S/C12H16N2S/c1-9-5-4-8-14(9)11-7-3-2-6-10(11)12(13)15/h2-3,6-7,9H,4-5,8H2,1H3,(H2,13,15). The Morgan fingerprint density at radius 2 is 2.20 bits per heavy atom. The van der Waals surface area contributed by atoms with E-state index in [1.807, 2.05) is 18.2 Å². The molecule has 1 heterocycles. The van der Waals surface area contributed by atoms with Gasteiger partial charge in [-0.25, -0.2) is 0 Å². The van der Waals surface area contributed by atoms with E-state index in [2.05, 4.69) is 17.9 Å². The monoisotopic (exact) mass is 220 g/mol. The van der Waals surface area contributed by atoms with Crippen LogP contribution in [0.5, 0.6) is 0 Å². The molecule has 2 N–H and O–H groups in total. The van der Waals surface area contributed by atoms with Gasteiger partial charge >= 0.3 is 0 Å². The van der Waals surface area contributed by atoms with E-state index in [9.17, 15) is 0 Å². The van der Waals surface area contributed by atoms with E-state index in [1.165, 1.54) is 18.5 Å². The highest BCUT2D eigenvalue weighted by molar-refractivity contribution is 7.80. The van der Waals surface area contributed by atoms with Gasteiger partial charge in [0.05, 0.1) is 0 Å². The lowest BCUT2D eigenvalue weighted by atomic mass is 10.1. The van der Waals surface area contributed by atoms with Crippen LogP contribution >= 0.6 is 12.2 Å². The van der Waals surface area contributed by atoms with E-state index in [0.29, 0.717) is 11.0 Å². The fraction of sp³-hybridized carbons (Fsp3) is 0.417. The van der Waals surface area contributed by atoms with Crippen LogP contribution in [0, 0.1) is 0 Å². The Kier molecular flexibility index (Phi) is 2.91. The largest absolute Gasteiger partial charge is 0.389 e. The highest BCUT2D eigenvalue weighted by atomic mass is 32.1. The van der Waals surface area contributed by atoms with Gasteiger partial charge in [-0.05, 0) is 31.9 Å².